The Morgan fingerprint density at radius 1 is 0.778 bits per heavy atom. The fraction of sp³-hybridized carbons (Fsp3) is 0.0667. The standard InChI is InChI=1S/C15H14N2O/c18-14-8-2-1-5-11(14)15(12-6-3-9-16-12)13-7-4-10-17-13/h1-10,15-18H. The predicted octanol–water partition coefficient (Wildman–Crippen LogP) is 3.23. The van der Waals surface area contributed by atoms with Crippen LogP contribution in [0, 0.1) is 0 Å². The normalized spacial score (nSPS) is 10.9. The molecule has 0 aliphatic carbocycles. The van der Waals surface area contributed by atoms with Gasteiger partial charge in [0.25, 0.3) is 0 Å². The number of phenols is 1. The maximum absolute atomic E-state index is 10.1. The van der Waals surface area contributed by atoms with Crippen LogP contribution in [0.25, 0.3) is 0 Å². The average molecular weight is 238 g/mol. The highest BCUT2D eigenvalue weighted by atomic mass is 16.3. The molecule has 3 N–H and O–H groups in total. The number of aromatic amines is 2. The predicted molar refractivity (Wildman–Crippen MR) is 70.6 cm³/mol. The minimum Gasteiger partial charge on any atom is -0.508 e. The Labute approximate surface area is 105 Å². The van der Waals surface area contributed by atoms with Gasteiger partial charge in [0.05, 0.1) is 5.92 Å². The number of para-hydroxylation sites is 1. The number of phenolic OH excluding ortho intramolecular Hbond substituents is 1. The van der Waals surface area contributed by atoms with Crippen LogP contribution in [0.15, 0.2) is 60.9 Å². The molecule has 3 heteroatoms. The summed E-state index contributed by atoms with van der Waals surface area (Å²) in [7, 11) is 0. The molecule has 0 aliphatic heterocycles. The van der Waals surface area contributed by atoms with Crippen LogP contribution >= 0.6 is 0 Å². The molecule has 0 bridgehead atoms. The van der Waals surface area contributed by atoms with E-state index in [0.29, 0.717) is 5.75 Å². The number of aromatic hydroxyl groups is 1. The van der Waals surface area contributed by atoms with Gasteiger partial charge in [-0.3, -0.25) is 0 Å². The summed E-state index contributed by atoms with van der Waals surface area (Å²) in [6.07, 6.45) is 3.79. The van der Waals surface area contributed by atoms with E-state index in [1.165, 1.54) is 0 Å². The van der Waals surface area contributed by atoms with Crippen LogP contribution in [0.4, 0.5) is 0 Å². The molecule has 0 amide bonds. The molecule has 2 aromatic heterocycles. The van der Waals surface area contributed by atoms with Crippen LogP contribution in [0.3, 0.4) is 0 Å². The summed E-state index contributed by atoms with van der Waals surface area (Å²) >= 11 is 0. The van der Waals surface area contributed by atoms with E-state index in [2.05, 4.69) is 9.97 Å². The second kappa shape index (κ2) is 4.45. The molecule has 0 aliphatic rings. The second-order valence-corrected chi connectivity index (χ2v) is 4.24. The average Bonchev–Trinajstić information content (AvgIpc) is 3.05. The van der Waals surface area contributed by atoms with Crippen LogP contribution in [0.5, 0.6) is 5.75 Å². The molecule has 0 atom stereocenters. The SMILES string of the molecule is Oc1ccccc1C(c1ccc[nH]1)c1ccc[nH]1. The van der Waals surface area contributed by atoms with Crippen molar-refractivity contribution in [2.24, 2.45) is 0 Å². The van der Waals surface area contributed by atoms with Gasteiger partial charge in [0.1, 0.15) is 5.75 Å². The van der Waals surface area contributed by atoms with Crippen molar-refractivity contribution in [3.05, 3.63) is 77.9 Å². The molecule has 1 aromatic carbocycles. The zero-order valence-corrected chi connectivity index (χ0v) is 9.80. The highest BCUT2D eigenvalue weighted by molar-refractivity contribution is 5.45. The number of rotatable bonds is 3. The van der Waals surface area contributed by atoms with Crippen molar-refractivity contribution in [3.8, 4) is 5.75 Å². The van der Waals surface area contributed by atoms with E-state index in [4.69, 9.17) is 0 Å². The zero-order valence-electron chi connectivity index (χ0n) is 9.80. The number of benzene rings is 1. The molecule has 0 spiro atoms. The van der Waals surface area contributed by atoms with Gasteiger partial charge in [-0.1, -0.05) is 18.2 Å². The molecule has 90 valence electrons. The molecule has 18 heavy (non-hydrogen) atoms. The fourth-order valence-electron chi connectivity index (χ4n) is 2.28. The first-order valence-electron chi connectivity index (χ1n) is 5.91. The smallest absolute Gasteiger partial charge is 0.119 e. The van der Waals surface area contributed by atoms with E-state index in [9.17, 15) is 5.11 Å². The topological polar surface area (TPSA) is 51.8 Å². The van der Waals surface area contributed by atoms with Crippen molar-refractivity contribution < 1.29 is 5.11 Å². The van der Waals surface area contributed by atoms with Crippen molar-refractivity contribution in [2.75, 3.05) is 0 Å². The number of hydrogen-bond acceptors (Lipinski definition) is 1. The first-order chi connectivity index (χ1) is 8.86. The van der Waals surface area contributed by atoms with E-state index in [-0.39, 0.29) is 5.92 Å². The van der Waals surface area contributed by atoms with Gasteiger partial charge in [-0.05, 0) is 30.3 Å². The molecule has 3 aromatic rings. The monoisotopic (exact) mass is 238 g/mol. The summed E-state index contributed by atoms with van der Waals surface area (Å²) in [6.45, 7) is 0. The number of H-pyrrole nitrogens is 2. The Morgan fingerprint density at radius 2 is 1.39 bits per heavy atom. The van der Waals surface area contributed by atoms with E-state index in [1.54, 1.807) is 6.07 Å². The maximum atomic E-state index is 10.1. The van der Waals surface area contributed by atoms with Gasteiger partial charge in [0.2, 0.25) is 0 Å². The highest BCUT2D eigenvalue weighted by Gasteiger charge is 2.20. The summed E-state index contributed by atoms with van der Waals surface area (Å²) in [5.74, 6) is 0.308. The Kier molecular flexibility index (Phi) is 2.65. The number of hydrogen-bond donors (Lipinski definition) is 3. The molecule has 2 heterocycles. The van der Waals surface area contributed by atoms with Gasteiger partial charge in [0.15, 0.2) is 0 Å². The third-order valence-electron chi connectivity index (χ3n) is 3.11. The minimum absolute atomic E-state index is 0.00352. The van der Waals surface area contributed by atoms with E-state index < -0.39 is 0 Å². The van der Waals surface area contributed by atoms with Crippen molar-refractivity contribution in [1.82, 2.24) is 9.97 Å². The number of aromatic nitrogens is 2. The Bertz CT molecular complexity index is 578. The van der Waals surface area contributed by atoms with Crippen LogP contribution in [-0.4, -0.2) is 15.1 Å². The third-order valence-corrected chi connectivity index (χ3v) is 3.11. The van der Waals surface area contributed by atoms with Crippen LogP contribution in [0.1, 0.15) is 22.9 Å². The molecule has 0 unspecified atom stereocenters. The Balaban J connectivity index is 2.15. The maximum Gasteiger partial charge on any atom is 0.119 e. The molecule has 0 saturated heterocycles. The lowest BCUT2D eigenvalue weighted by Gasteiger charge is -2.16. The Morgan fingerprint density at radius 3 is 1.89 bits per heavy atom. The van der Waals surface area contributed by atoms with Crippen molar-refractivity contribution in [1.29, 1.82) is 0 Å². The van der Waals surface area contributed by atoms with Gasteiger partial charge in [-0.2, -0.15) is 0 Å². The van der Waals surface area contributed by atoms with Crippen LogP contribution in [-0.2, 0) is 0 Å². The fourth-order valence-corrected chi connectivity index (χ4v) is 2.28. The van der Waals surface area contributed by atoms with Gasteiger partial charge >= 0.3 is 0 Å². The largest absolute Gasteiger partial charge is 0.508 e. The van der Waals surface area contributed by atoms with Crippen LogP contribution < -0.4 is 0 Å². The van der Waals surface area contributed by atoms with E-state index in [0.717, 1.165) is 17.0 Å². The van der Waals surface area contributed by atoms with Crippen molar-refractivity contribution in [2.45, 2.75) is 5.92 Å². The molecule has 0 saturated carbocycles. The molecule has 0 radical (unpaired) electrons. The van der Waals surface area contributed by atoms with Gasteiger partial charge in [-0.25, -0.2) is 0 Å². The summed E-state index contributed by atoms with van der Waals surface area (Å²) in [4.78, 5) is 6.44. The molecule has 3 nitrogen and oxygen atoms in total. The van der Waals surface area contributed by atoms with E-state index in [1.807, 2.05) is 54.9 Å². The van der Waals surface area contributed by atoms with Crippen molar-refractivity contribution >= 4 is 0 Å². The van der Waals surface area contributed by atoms with Gasteiger partial charge < -0.3 is 15.1 Å². The van der Waals surface area contributed by atoms with E-state index >= 15 is 0 Å². The summed E-state index contributed by atoms with van der Waals surface area (Å²) in [5, 5.41) is 10.1. The summed E-state index contributed by atoms with van der Waals surface area (Å²) in [5.41, 5.74) is 3.00. The Hall–Kier alpha value is -2.42. The summed E-state index contributed by atoms with van der Waals surface area (Å²) < 4.78 is 0. The lowest BCUT2D eigenvalue weighted by Crippen LogP contribution is -2.04. The van der Waals surface area contributed by atoms with Crippen molar-refractivity contribution in [3.63, 3.8) is 0 Å². The first-order valence-corrected chi connectivity index (χ1v) is 5.91. The highest BCUT2D eigenvalue weighted by Crippen LogP contribution is 2.34. The quantitative estimate of drug-likeness (QED) is 0.644. The molecular weight excluding hydrogens is 224 g/mol. The lowest BCUT2D eigenvalue weighted by atomic mass is 9.92. The first kappa shape index (κ1) is 10.7. The molecule has 0 fully saturated rings. The summed E-state index contributed by atoms with van der Waals surface area (Å²) in [6, 6.07) is 15.4. The van der Waals surface area contributed by atoms with Gasteiger partial charge in [-0.15, -0.1) is 0 Å². The van der Waals surface area contributed by atoms with Crippen LogP contribution in [0.2, 0.25) is 0 Å². The van der Waals surface area contributed by atoms with Gasteiger partial charge in [0, 0.05) is 29.3 Å². The third kappa shape index (κ3) is 1.80. The second-order valence-electron chi connectivity index (χ2n) is 4.24. The molecule has 3 rings (SSSR count). The number of nitrogens with one attached hydrogen (secondary N) is 2. The molecular formula is C15H14N2O. The lowest BCUT2D eigenvalue weighted by molar-refractivity contribution is 0.466. The zero-order chi connectivity index (χ0) is 12.4. The minimum atomic E-state index is -0.00352.